The maximum Gasteiger partial charge on any atom is 0.288 e. The molecule has 6 nitrogen and oxygen atoms in total. The van der Waals surface area contributed by atoms with Crippen molar-refractivity contribution in [2.24, 2.45) is 0 Å². The number of fused-ring (bicyclic) bond motifs is 3. The van der Waals surface area contributed by atoms with Gasteiger partial charge >= 0.3 is 0 Å². The van der Waals surface area contributed by atoms with Gasteiger partial charge in [-0.25, -0.2) is 5.10 Å². The molecule has 1 amide bonds. The SMILES string of the molecule is CCCNC(=O)Cn1c2ccccc2c2cn[nH]c(=O)c21. The lowest BCUT2D eigenvalue weighted by atomic mass is 10.2. The second-order valence-corrected chi connectivity index (χ2v) is 4.91. The van der Waals surface area contributed by atoms with Gasteiger partial charge in [-0.2, -0.15) is 5.10 Å². The van der Waals surface area contributed by atoms with Crippen LogP contribution >= 0.6 is 0 Å². The third kappa shape index (κ3) is 2.29. The van der Waals surface area contributed by atoms with E-state index in [0.717, 1.165) is 22.7 Å². The maximum atomic E-state index is 12.1. The highest BCUT2D eigenvalue weighted by atomic mass is 16.2. The van der Waals surface area contributed by atoms with Crippen molar-refractivity contribution in [3.63, 3.8) is 0 Å². The Morgan fingerprint density at radius 1 is 1.33 bits per heavy atom. The summed E-state index contributed by atoms with van der Waals surface area (Å²) in [5.74, 6) is -0.101. The van der Waals surface area contributed by atoms with E-state index < -0.39 is 0 Å². The zero-order valence-electron chi connectivity index (χ0n) is 11.7. The molecular weight excluding hydrogens is 268 g/mol. The average molecular weight is 284 g/mol. The predicted molar refractivity (Wildman–Crippen MR) is 81.2 cm³/mol. The predicted octanol–water partition coefficient (Wildman–Crippen LogP) is 1.40. The third-order valence-electron chi connectivity index (χ3n) is 3.46. The van der Waals surface area contributed by atoms with Crippen LogP contribution in [0, 0.1) is 0 Å². The summed E-state index contributed by atoms with van der Waals surface area (Å²) in [6.45, 7) is 2.75. The van der Waals surface area contributed by atoms with Gasteiger partial charge in [0, 0.05) is 22.8 Å². The lowest BCUT2D eigenvalue weighted by molar-refractivity contribution is -0.121. The molecule has 0 atom stereocenters. The van der Waals surface area contributed by atoms with Gasteiger partial charge in [-0.15, -0.1) is 0 Å². The van der Waals surface area contributed by atoms with Crippen molar-refractivity contribution in [3.05, 3.63) is 40.8 Å². The third-order valence-corrected chi connectivity index (χ3v) is 3.46. The smallest absolute Gasteiger partial charge is 0.288 e. The van der Waals surface area contributed by atoms with E-state index in [1.54, 1.807) is 10.8 Å². The number of para-hydroxylation sites is 1. The molecule has 0 fully saturated rings. The van der Waals surface area contributed by atoms with E-state index in [-0.39, 0.29) is 18.0 Å². The lowest BCUT2D eigenvalue weighted by Crippen LogP contribution is -2.28. The summed E-state index contributed by atoms with van der Waals surface area (Å²) in [4.78, 5) is 24.1. The van der Waals surface area contributed by atoms with Crippen LogP contribution in [0.2, 0.25) is 0 Å². The normalized spacial score (nSPS) is 11.1. The van der Waals surface area contributed by atoms with Crippen molar-refractivity contribution in [2.45, 2.75) is 19.9 Å². The summed E-state index contributed by atoms with van der Waals surface area (Å²) in [6.07, 6.45) is 2.50. The fraction of sp³-hybridized carbons (Fsp3) is 0.267. The molecule has 2 aromatic heterocycles. The molecule has 1 aromatic carbocycles. The molecule has 21 heavy (non-hydrogen) atoms. The number of rotatable bonds is 4. The van der Waals surface area contributed by atoms with Crippen LogP contribution in [0.3, 0.4) is 0 Å². The first-order valence-electron chi connectivity index (χ1n) is 6.93. The first-order valence-corrected chi connectivity index (χ1v) is 6.93. The van der Waals surface area contributed by atoms with Crippen LogP contribution in [0.5, 0.6) is 0 Å². The Labute approximate surface area is 120 Å². The molecule has 0 radical (unpaired) electrons. The number of hydrogen-bond acceptors (Lipinski definition) is 3. The fourth-order valence-electron chi connectivity index (χ4n) is 2.54. The highest BCUT2D eigenvalue weighted by Crippen LogP contribution is 2.25. The molecule has 0 aliphatic heterocycles. The van der Waals surface area contributed by atoms with Gasteiger partial charge in [-0.1, -0.05) is 25.1 Å². The summed E-state index contributed by atoms with van der Waals surface area (Å²) < 4.78 is 1.75. The fourth-order valence-corrected chi connectivity index (χ4v) is 2.54. The molecule has 0 bridgehead atoms. The van der Waals surface area contributed by atoms with Crippen molar-refractivity contribution in [3.8, 4) is 0 Å². The van der Waals surface area contributed by atoms with E-state index in [9.17, 15) is 9.59 Å². The average Bonchev–Trinajstić information content (AvgIpc) is 2.81. The monoisotopic (exact) mass is 284 g/mol. The second kappa shape index (κ2) is 5.40. The second-order valence-electron chi connectivity index (χ2n) is 4.91. The molecule has 0 spiro atoms. The molecule has 0 aliphatic carbocycles. The van der Waals surface area contributed by atoms with Gasteiger partial charge in [0.2, 0.25) is 5.91 Å². The summed E-state index contributed by atoms with van der Waals surface area (Å²) >= 11 is 0. The van der Waals surface area contributed by atoms with E-state index >= 15 is 0 Å². The van der Waals surface area contributed by atoms with Crippen LogP contribution in [0.25, 0.3) is 21.8 Å². The van der Waals surface area contributed by atoms with E-state index in [0.29, 0.717) is 12.1 Å². The molecule has 0 saturated carbocycles. The van der Waals surface area contributed by atoms with Crippen LogP contribution in [-0.4, -0.2) is 27.2 Å². The quantitative estimate of drug-likeness (QED) is 0.760. The van der Waals surface area contributed by atoms with Gasteiger partial charge in [0.05, 0.1) is 6.20 Å². The van der Waals surface area contributed by atoms with Gasteiger partial charge in [-0.3, -0.25) is 9.59 Å². The minimum absolute atomic E-state index is 0.101. The van der Waals surface area contributed by atoms with E-state index in [2.05, 4.69) is 15.5 Å². The summed E-state index contributed by atoms with van der Waals surface area (Å²) in [7, 11) is 0. The van der Waals surface area contributed by atoms with Crippen LogP contribution in [-0.2, 0) is 11.3 Å². The first-order chi connectivity index (χ1) is 10.2. The van der Waals surface area contributed by atoms with Gasteiger partial charge in [0.1, 0.15) is 12.1 Å². The molecule has 0 aliphatic rings. The largest absolute Gasteiger partial charge is 0.355 e. The van der Waals surface area contributed by atoms with E-state index in [4.69, 9.17) is 0 Å². The standard InChI is InChI=1S/C15H16N4O2/c1-2-7-16-13(20)9-19-12-6-4-3-5-10(12)11-8-17-18-15(21)14(11)19/h3-6,8H,2,7,9H2,1H3,(H,16,20)(H,18,21). The molecule has 0 unspecified atom stereocenters. The van der Waals surface area contributed by atoms with Gasteiger partial charge in [0.15, 0.2) is 0 Å². The van der Waals surface area contributed by atoms with Gasteiger partial charge in [-0.05, 0) is 12.5 Å². The van der Waals surface area contributed by atoms with Gasteiger partial charge in [0.25, 0.3) is 5.56 Å². The number of amides is 1. The van der Waals surface area contributed by atoms with Crippen molar-refractivity contribution < 1.29 is 4.79 Å². The lowest BCUT2D eigenvalue weighted by Gasteiger charge is -2.07. The van der Waals surface area contributed by atoms with E-state index in [1.807, 2.05) is 31.2 Å². The van der Waals surface area contributed by atoms with Crippen LogP contribution in [0.4, 0.5) is 0 Å². The number of H-pyrrole nitrogens is 1. The Balaban J connectivity index is 2.19. The Morgan fingerprint density at radius 3 is 2.95 bits per heavy atom. The van der Waals surface area contributed by atoms with E-state index in [1.165, 1.54) is 0 Å². The van der Waals surface area contributed by atoms with Gasteiger partial charge < -0.3 is 9.88 Å². The highest BCUT2D eigenvalue weighted by Gasteiger charge is 2.15. The molecule has 0 saturated heterocycles. The van der Waals surface area contributed by atoms with Crippen molar-refractivity contribution in [1.82, 2.24) is 20.1 Å². The molecule has 3 rings (SSSR count). The topological polar surface area (TPSA) is 79.8 Å². The molecule has 3 aromatic rings. The molecule has 2 N–H and O–H groups in total. The Hall–Kier alpha value is -2.63. The Kier molecular flexibility index (Phi) is 3.43. The Bertz CT molecular complexity index is 863. The van der Waals surface area contributed by atoms with Crippen molar-refractivity contribution >= 4 is 27.7 Å². The van der Waals surface area contributed by atoms with Crippen LogP contribution in [0.1, 0.15) is 13.3 Å². The molecule has 6 heteroatoms. The Morgan fingerprint density at radius 2 is 2.14 bits per heavy atom. The number of carbonyl (C=O) groups is 1. The highest BCUT2D eigenvalue weighted by molar-refractivity contribution is 6.07. The molecular formula is C15H16N4O2. The number of benzene rings is 1. The summed E-state index contributed by atoms with van der Waals surface area (Å²) in [5.41, 5.74) is 1.06. The van der Waals surface area contributed by atoms with Crippen LogP contribution in [0.15, 0.2) is 35.3 Å². The minimum Gasteiger partial charge on any atom is -0.355 e. The molecule has 2 heterocycles. The number of aromatic nitrogens is 3. The first kappa shape index (κ1) is 13.4. The van der Waals surface area contributed by atoms with Crippen molar-refractivity contribution in [2.75, 3.05) is 6.54 Å². The van der Waals surface area contributed by atoms with Crippen molar-refractivity contribution in [1.29, 1.82) is 0 Å². The zero-order valence-corrected chi connectivity index (χ0v) is 11.7. The molecule has 108 valence electrons. The zero-order chi connectivity index (χ0) is 14.8. The number of nitrogens with zero attached hydrogens (tertiary/aromatic N) is 2. The summed E-state index contributed by atoms with van der Waals surface area (Å²) in [5, 5.41) is 10.8. The number of hydrogen-bond donors (Lipinski definition) is 2. The number of nitrogens with one attached hydrogen (secondary N) is 2. The number of aromatic amines is 1. The minimum atomic E-state index is -0.285. The maximum absolute atomic E-state index is 12.1. The van der Waals surface area contributed by atoms with Crippen LogP contribution < -0.4 is 10.9 Å². The number of carbonyl (C=O) groups excluding carboxylic acids is 1. The summed E-state index contributed by atoms with van der Waals surface area (Å²) in [6, 6.07) is 7.63.